The van der Waals surface area contributed by atoms with E-state index in [1.807, 2.05) is 0 Å². The zero-order chi connectivity index (χ0) is 34.4. The van der Waals surface area contributed by atoms with Crippen LogP contribution in [0.5, 0.6) is 0 Å². The van der Waals surface area contributed by atoms with Gasteiger partial charge in [0.1, 0.15) is 11.2 Å². The third-order valence-electron chi connectivity index (χ3n) is 10.2. The van der Waals surface area contributed by atoms with E-state index in [4.69, 9.17) is 4.42 Å². The smallest absolute Gasteiger partial charge is 0.136 e. The molecule has 2 heteroatoms. The maximum absolute atomic E-state index is 6.29. The van der Waals surface area contributed by atoms with Gasteiger partial charge < -0.3 is 9.32 Å². The van der Waals surface area contributed by atoms with Gasteiger partial charge in [0.2, 0.25) is 0 Å². The first-order valence-corrected chi connectivity index (χ1v) is 17.7. The molecule has 0 spiro atoms. The summed E-state index contributed by atoms with van der Waals surface area (Å²) in [5.74, 6) is 0. The first kappa shape index (κ1) is 30.0. The zero-order valence-electron chi connectivity index (χ0n) is 28.4. The number of benzene rings is 9. The zero-order valence-corrected chi connectivity index (χ0v) is 28.4. The molecule has 0 unspecified atom stereocenters. The van der Waals surface area contributed by atoms with Crippen LogP contribution >= 0.6 is 0 Å². The van der Waals surface area contributed by atoms with Crippen LogP contribution in [0.3, 0.4) is 0 Å². The summed E-state index contributed by atoms with van der Waals surface area (Å²) >= 11 is 0. The van der Waals surface area contributed by atoms with E-state index in [1.54, 1.807) is 0 Å². The van der Waals surface area contributed by atoms with Crippen LogP contribution < -0.4 is 4.90 Å². The van der Waals surface area contributed by atoms with Crippen molar-refractivity contribution in [2.75, 3.05) is 4.90 Å². The van der Waals surface area contributed by atoms with Gasteiger partial charge in [-0.05, 0) is 122 Å². The van der Waals surface area contributed by atoms with Crippen molar-refractivity contribution in [2.24, 2.45) is 0 Å². The van der Waals surface area contributed by atoms with Crippen molar-refractivity contribution in [3.8, 4) is 33.4 Å². The predicted molar refractivity (Wildman–Crippen MR) is 220 cm³/mol. The summed E-state index contributed by atoms with van der Waals surface area (Å²) in [4.78, 5) is 2.35. The topological polar surface area (TPSA) is 16.4 Å². The second-order valence-corrected chi connectivity index (χ2v) is 13.4. The molecule has 10 aromatic rings. The average molecular weight is 664 g/mol. The van der Waals surface area contributed by atoms with Crippen molar-refractivity contribution in [1.82, 2.24) is 0 Å². The first-order valence-electron chi connectivity index (χ1n) is 17.7. The van der Waals surface area contributed by atoms with Crippen LogP contribution in [0.2, 0.25) is 0 Å². The summed E-state index contributed by atoms with van der Waals surface area (Å²) < 4.78 is 6.29. The summed E-state index contributed by atoms with van der Waals surface area (Å²) in [6.07, 6.45) is 0. The molecule has 0 saturated heterocycles. The molecule has 0 radical (unpaired) electrons. The lowest BCUT2D eigenvalue weighted by atomic mass is 9.92. The minimum Gasteiger partial charge on any atom is -0.456 e. The maximum Gasteiger partial charge on any atom is 0.136 e. The van der Waals surface area contributed by atoms with Gasteiger partial charge in [-0.25, -0.2) is 0 Å². The van der Waals surface area contributed by atoms with Crippen molar-refractivity contribution in [3.63, 3.8) is 0 Å². The van der Waals surface area contributed by atoms with Crippen molar-refractivity contribution in [2.45, 2.75) is 0 Å². The highest BCUT2D eigenvalue weighted by molar-refractivity contribution is 6.11. The van der Waals surface area contributed by atoms with E-state index < -0.39 is 0 Å². The lowest BCUT2D eigenvalue weighted by Gasteiger charge is -2.27. The van der Waals surface area contributed by atoms with Gasteiger partial charge in [0.15, 0.2) is 0 Å². The van der Waals surface area contributed by atoms with E-state index in [0.29, 0.717) is 0 Å². The number of anilines is 3. The Labute approximate surface area is 302 Å². The van der Waals surface area contributed by atoms with E-state index in [1.165, 1.54) is 43.8 Å². The molecule has 244 valence electrons. The van der Waals surface area contributed by atoms with Crippen LogP contribution in [0.15, 0.2) is 205 Å². The van der Waals surface area contributed by atoms with Crippen molar-refractivity contribution < 1.29 is 4.42 Å². The largest absolute Gasteiger partial charge is 0.456 e. The highest BCUT2D eigenvalue weighted by atomic mass is 16.3. The van der Waals surface area contributed by atoms with Crippen molar-refractivity contribution in [3.05, 3.63) is 200 Å². The van der Waals surface area contributed by atoms with E-state index in [0.717, 1.165) is 50.1 Å². The number of furan rings is 1. The second kappa shape index (κ2) is 12.5. The Morgan fingerprint density at radius 3 is 1.63 bits per heavy atom. The van der Waals surface area contributed by atoms with Gasteiger partial charge in [0, 0.05) is 27.8 Å². The van der Waals surface area contributed by atoms with Crippen LogP contribution in [0.25, 0.3) is 76.9 Å². The van der Waals surface area contributed by atoms with Crippen LogP contribution in [0, 0.1) is 0 Å². The molecule has 2 nitrogen and oxygen atoms in total. The van der Waals surface area contributed by atoms with Gasteiger partial charge in [0.25, 0.3) is 0 Å². The third kappa shape index (κ3) is 5.30. The fraction of sp³-hybridized carbons (Fsp3) is 0. The third-order valence-corrected chi connectivity index (χ3v) is 10.2. The van der Waals surface area contributed by atoms with Crippen LogP contribution in [-0.2, 0) is 0 Å². The molecule has 52 heavy (non-hydrogen) atoms. The molecule has 0 fully saturated rings. The fourth-order valence-electron chi connectivity index (χ4n) is 7.61. The van der Waals surface area contributed by atoms with Gasteiger partial charge in [0.05, 0.1) is 0 Å². The normalized spacial score (nSPS) is 11.5. The highest BCUT2D eigenvalue weighted by Crippen LogP contribution is 2.42. The number of hydrogen-bond donors (Lipinski definition) is 0. The Bertz CT molecular complexity index is 2890. The maximum atomic E-state index is 6.29. The summed E-state index contributed by atoms with van der Waals surface area (Å²) in [5, 5.41) is 7.16. The molecule has 9 aromatic carbocycles. The Hall–Kier alpha value is -6.90. The number of para-hydroxylation sites is 1. The Kier molecular flexibility index (Phi) is 7.18. The van der Waals surface area contributed by atoms with Gasteiger partial charge in [-0.15, -0.1) is 0 Å². The molecule has 0 aliphatic rings. The summed E-state index contributed by atoms with van der Waals surface area (Å²) in [6.45, 7) is 0. The highest BCUT2D eigenvalue weighted by Gasteiger charge is 2.17. The number of rotatable bonds is 6. The molecular formula is C50H33NO. The molecular weight excluding hydrogens is 631 g/mol. The molecule has 0 amide bonds. The van der Waals surface area contributed by atoms with Crippen LogP contribution in [0.1, 0.15) is 0 Å². The predicted octanol–water partition coefficient (Wildman–Crippen LogP) is 14.4. The molecule has 0 saturated carbocycles. The van der Waals surface area contributed by atoms with E-state index >= 15 is 0 Å². The van der Waals surface area contributed by atoms with Gasteiger partial charge in [-0.2, -0.15) is 0 Å². The Morgan fingerprint density at radius 1 is 0.288 bits per heavy atom. The number of fused-ring (bicyclic) bond motifs is 5. The first-order chi connectivity index (χ1) is 25.7. The number of nitrogens with zero attached hydrogens (tertiary/aromatic N) is 1. The van der Waals surface area contributed by atoms with Crippen LogP contribution in [-0.4, -0.2) is 0 Å². The standard InChI is InChI=1S/C50H33NO/c1-3-12-36(13-4-1)46-33-44(26-27-45(46)41-20-19-34-11-7-8-14-37(34)29-41)51(42-17-5-2-6-18-42)43-24-21-35(22-25-43)40-23-28-49-47(31-40)48-30-38-15-9-10-16-39(38)32-50(48)52-49/h1-33H. The SMILES string of the molecule is c1ccc(-c2cc(N(c3ccccc3)c3ccc(-c4ccc5oc6cc7ccccc7cc6c5c4)cc3)ccc2-c2ccc3ccccc3c2)cc1. The Balaban J connectivity index is 1.07. The monoisotopic (exact) mass is 663 g/mol. The molecule has 10 rings (SSSR count). The summed E-state index contributed by atoms with van der Waals surface area (Å²) in [7, 11) is 0. The molecule has 0 N–H and O–H groups in total. The molecule has 0 bridgehead atoms. The lowest BCUT2D eigenvalue weighted by Crippen LogP contribution is -2.10. The van der Waals surface area contributed by atoms with E-state index in [2.05, 4.69) is 205 Å². The van der Waals surface area contributed by atoms with Gasteiger partial charge >= 0.3 is 0 Å². The molecule has 0 aliphatic carbocycles. The molecule has 1 heterocycles. The van der Waals surface area contributed by atoms with Crippen molar-refractivity contribution in [1.29, 1.82) is 0 Å². The minimum absolute atomic E-state index is 0.905. The number of hydrogen-bond acceptors (Lipinski definition) is 2. The van der Waals surface area contributed by atoms with E-state index in [9.17, 15) is 0 Å². The summed E-state index contributed by atoms with van der Waals surface area (Å²) in [6, 6.07) is 71.8. The minimum atomic E-state index is 0.905. The fourth-order valence-corrected chi connectivity index (χ4v) is 7.61. The molecule has 0 aliphatic heterocycles. The Morgan fingerprint density at radius 2 is 0.865 bits per heavy atom. The van der Waals surface area contributed by atoms with Crippen molar-refractivity contribution >= 4 is 60.5 Å². The van der Waals surface area contributed by atoms with Crippen LogP contribution in [0.4, 0.5) is 17.1 Å². The molecule has 1 aromatic heterocycles. The molecule has 0 atom stereocenters. The average Bonchev–Trinajstić information content (AvgIpc) is 3.57. The quantitative estimate of drug-likeness (QED) is 0.176. The lowest BCUT2D eigenvalue weighted by molar-refractivity contribution is 0.669. The van der Waals surface area contributed by atoms with Gasteiger partial charge in [-0.3, -0.25) is 0 Å². The van der Waals surface area contributed by atoms with Gasteiger partial charge in [-0.1, -0.05) is 133 Å². The van der Waals surface area contributed by atoms with E-state index in [-0.39, 0.29) is 0 Å². The summed E-state index contributed by atoms with van der Waals surface area (Å²) in [5.41, 5.74) is 12.2. The second-order valence-electron chi connectivity index (χ2n) is 13.4.